The van der Waals surface area contributed by atoms with E-state index in [0.29, 0.717) is 19.6 Å². The molecule has 1 aromatic rings. The Hall–Kier alpha value is -1.57. The number of anilines is 2. The average Bonchev–Trinajstić information content (AvgIpc) is 2.37. The SMILES string of the molecule is CCNc1nc(NC(CC)COC)cc(C(F)(F)F)n1. The molecule has 0 aliphatic rings. The maximum absolute atomic E-state index is 12.8. The highest BCUT2D eigenvalue weighted by Gasteiger charge is 2.33. The van der Waals surface area contributed by atoms with E-state index >= 15 is 0 Å². The molecule has 0 saturated carbocycles. The highest BCUT2D eigenvalue weighted by Crippen LogP contribution is 2.29. The molecule has 0 aromatic carbocycles. The number of hydrogen-bond acceptors (Lipinski definition) is 5. The van der Waals surface area contributed by atoms with Crippen molar-refractivity contribution < 1.29 is 17.9 Å². The lowest BCUT2D eigenvalue weighted by Gasteiger charge is -2.18. The first-order chi connectivity index (χ1) is 9.40. The minimum atomic E-state index is -4.51. The summed E-state index contributed by atoms with van der Waals surface area (Å²) in [4.78, 5) is 7.47. The molecule has 0 aliphatic carbocycles. The maximum Gasteiger partial charge on any atom is 0.433 e. The number of ether oxygens (including phenoxy) is 1. The molecule has 0 fully saturated rings. The standard InChI is InChI=1S/C12H19F3N4O/c1-4-8(7-20-3)17-10-6-9(12(13,14)15)18-11(19-10)16-5-2/h6,8H,4-5,7H2,1-3H3,(H2,16,17,18,19). The fourth-order valence-electron chi connectivity index (χ4n) is 1.58. The third-order valence-corrected chi connectivity index (χ3v) is 2.56. The summed E-state index contributed by atoms with van der Waals surface area (Å²) in [5, 5.41) is 5.61. The monoisotopic (exact) mass is 292 g/mol. The second kappa shape index (κ2) is 7.28. The lowest BCUT2D eigenvalue weighted by atomic mass is 10.2. The van der Waals surface area contributed by atoms with Crippen LogP contribution < -0.4 is 10.6 Å². The van der Waals surface area contributed by atoms with Crippen molar-refractivity contribution in [2.75, 3.05) is 30.9 Å². The normalized spacial score (nSPS) is 13.1. The second-order valence-corrected chi connectivity index (χ2v) is 4.19. The lowest BCUT2D eigenvalue weighted by Crippen LogP contribution is -2.25. The van der Waals surface area contributed by atoms with Gasteiger partial charge in [-0.15, -0.1) is 0 Å². The van der Waals surface area contributed by atoms with Gasteiger partial charge in [0.1, 0.15) is 5.82 Å². The van der Waals surface area contributed by atoms with Crippen LogP contribution in [0.2, 0.25) is 0 Å². The number of hydrogen-bond donors (Lipinski definition) is 2. The topological polar surface area (TPSA) is 59.1 Å². The first kappa shape index (κ1) is 16.5. The smallest absolute Gasteiger partial charge is 0.383 e. The van der Waals surface area contributed by atoms with Gasteiger partial charge in [-0.25, -0.2) is 4.98 Å². The molecule has 1 aromatic heterocycles. The van der Waals surface area contributed by atoms with Crippen molar-refractivity contribution >= 4 is 11.8 Å². The largest absolute Gasteiger partial charge is 0.433 e. The first-order valence-corrected chi connectivity index (χ1v) is 6.36. The molecule has 1 heterocycles. The van der Waals surface area contributed by atoms with Crippen LogP contribution in [-0.2, 0) is 10.9 Å². The molecule has 0 amide bonds. The Morgan fingerprint density at radius 2 is 2.00 bits per heavy atom. The molecule has 0 spiro atoms. The van der Waals surface area contributed by atoms with E-state index in [0.717, 1.165) is 6.07 Å². The lowest BCUT2D eigenvalue weighted by molar-refractivity contribution is -0.141. The van der Waals surface area contributed by atoms with Gasteiger partial charge in [0.15, 0.2) is 5.69 Å². The molecular weight excluding hydrogens is 273 g/mol. The zero-order chi connectivity index (χ0) is 15.2. The Morgan fingerprint density at radius 1 is 1.30 bits per heavy atom. The molecule has 0 bridgehead atoms. The minimum absolute atomic E-state index is 0.0444. The number of aromatic nitrogens is 2. The quantitative estimate of drug-likeness (QED) is 0.809. The molecule has 0 saturated heterocycles. The van der Waals surface area contributed by atoms with Crippen molar-refractivity contribution in [3.63, 3.8) is 0 Å². The number of halogens is 3. The Kier molecular flexibility index (Phi) is 6.00. The van der Waals surface area contributed by atoms with Crippen molar-refractivity contribution in [1.29, 1.82) is 0 Å². The van der Waals surface area contributed by atoms with Crippen LogP contribution in [0, 0.1) is 0 Å². The van der Waals surface area contributed by atoms with Gasteiger partial charge in [-0.3, -0.25) is 0 Å². The third kappa shape index (κ3) is 4.84. The van der Waals surface area contributed by atoms with Gasteiger partial charge in [-0.1, -0.05) is 6.92 Å². The van der Waals surface area contributed by atoms with E-state index in [1.165, 1.54) is 7.11 Å². The van der Waals surface area contributed by atoms with E-state index < -0.39 is 11.9 Å². The van der Waals surface area contributed by atoms with Gasteiger partial charge in [-0.2, -0.15) is 18.2 Å². The zero-order valence-corrected chi connectivity index (χ0v) is 11.7. The third-order valence-electron chi connectivity index (χ3n) is 2.56. The maximum atomic E-state index is 12.8. The van der Waals surface area contributed by atoms with Crippen molar-refractivity contribution in [3.8, 4) is 0 Å². The number of nitrogens with one attached hydrogen (secondary N) is 2. The molecule has 20 heavy (non-hydrogen) atoms. The predicted molar refractivity (Wildman–Crippen MR) is 70.8 cm³/mol. The van der Waals surface area contributed by atoms with Crippen molar-refractivity contribution in [1.82, 2.24) is 9.97 Å². The van der Waals surface area contributed by atoms with Gasteiger partial charge < -0.3 is 15.4 Å². The summed E-state index contributed by atoms with van der Waals surface area (Å²) in [6.07, 6.45) is -3.80. The van der Waals surface area contributed by atoms with E-state index in [1.807, 2.05) is 6.92 Å². The molecule has 2 N–H and O–H groups in total. The Labute approximate surface area is 116 Å². The van der Waals surface area contributed by atoms with E-state index in [9.17, 15) is 13.2 Å². The number of methoxy groups -OCH3 is 1. The number of alkyl halides is 3. The molecule has 1 rings (SSSR count). The molecule has 0 radical (unpaired) electrons. The van der Waals surface area contributed by atoms with Crippen LogP contribution in [0.3, 0.4) is 0 Å². The number of rotatable bonds is 7. The molecule has 1 atom stereocenters. The zero-order valence-electron chi connectivity index (χ0n) is 11.7. The highest BCUT2D eigenvalue weighted by molar-refractivity contribution is 5.43. The summed E-state index contributed by atoms with van der Waals surface area (Å²) in [6, 6.07) is 0.796. The number of nitrogens with zero attached hydrogens (tertiary/aromatic N) is 2. The van der Waals surface area contributed by atoms with E-state index in [2.05, 4.69) is 20.6 Å². The van der Waals surface area contributed by atoms with Crippen molar-refractivity contribution in [2.24, 2.45) is 0 Å². The van der Waals surface area contributed by atoms with Crippen LogP contribution in [0.1, 0.15) is 26.0 Å². The Morgan fingerprint density at radius 3 is 2.50 bits per heavy atom. The van der Waals surface area contributed by atoms with Crippen molar-refractivity contribution in [2.45, 2.75) is 32.5 Å². The fraction of sp³-hybridized carbons (Fsp3) is 0.667. The molecule has 114 valence electrons. The molecule has 5 nitrogen and oxygen atoms in total. The van der Waals surface area contributed by atoms with Gasteiger partial charge in [0, 0.05) is 19.7 Å². The molecular formula is C12H19F3N4O. The molecule has 8 heteroatoms. The van der Waals surface area contributed by atoms with E-state index in [-0.39, 0.29) is 17.8 Å². The van der Waals surface area contributed by atoms with Gasteiger partial charge in [-0.05, 0) is 13.3 Å². The summed E-state index contributed by atoms with van der Waals surface area (Å²) >= 11 is 0. The summed E-state index contributed by atoms with van der Waals surface area (Å²) in [5.74, 6) is 0.0873. The average molecular weight is 292 g/mol. The molecule has 0 aliphatic heterocycles. The van der Waals surface area contributed by atoms with E-state index in [1.54, 1.807) is 6.92 Å². The summed E-state index contributed by atoms with van der Waals surface area (Å²) < 4.78 is 43.4. The van der Waals surface area contributed by atoms with Gasteiger partial charge in [0.25, 0.3) is 0 Å². The fourth-order valence-corrected chi connectivity index (χ4v) is 1.58. The first-order valence-electron chi connectivity index (χ1n) is 6.36. The van der Waals surface area contributed by atoms with Gasteiger partial charge in [0.2, 0.25) is 5.95 Å². The predicted octanol–water partition coefficient (Wildman–Crippen LogP) is 2.76. The molecule has 1 unspecified atom stereocenters. The second-order valence-electron chi connectivity index (χ2n) is 4.19. The Balaban J connectivity index is 3.02. The van der Waals surface area contributed by atoms with Crippen LogP contribution in [0.4, 0.5) is 24.9 Å². The van der Waals surface area contributed by atoms with Crippen LogP contribution in [0.15, 0.2) is 6.07 Å². The Bertz CT molecular complexity index is 426. The van der Waals surface area contributed by atoms with Crippen LogP contribution in [0.5, 0.6) is 0 Å². The van der Waals surface area contributed by atoms with E-state index in [4.69, 9.17) is 4.74 Å². The van der Waals surface area contributed by atoms with Crippen LogP contribution in [0.25, 0.3) is 0 Å². The van der Waals surface area contributed by atoms with Gasteiger partial charge >= 0.3 is 6.18 Å². The summed E-state index contributed by atoms with van der Waals surface area (Å²) in [5.41, 5.74) is -0.974. The summed E-state index contributed by atoms with van der Waals surface area (Å²) in [6.45, 7) is 4.50. The van der Waals surface area contributed by atoms with Gasteiger partial charge in [0.05, 0.1) is 12.6 Å². The summed E-state index contributed by atoms with van der Waals surface area (Å²) in [7, 11) is 1.54. The minimum Gasteiger partial charge on any atom is -0.383 e. The van der Waals surface area contributed by atoms with Crippen LogP contribution >= 0.6 is 0 Å². The van der Waals surface area contributed by atoms with Crippen LogP contribution in [-0.4, -0.2) is 36.3 Å². The highest BCUT2D eigenvalue weighted by atomic mass is 19.4. The van der Waals surface area contributed by atoms with Crippen molar-refractivity contribution in [3.05, 3.63) is 11.8 Å².